The first-order valence-corrected chi connectivity index (χ1v) is 8.51. The predicted molar refractivity (Wildman–Crippen MR) is 105 cm³/mol. The molecule has 2 aromatic carbocycles. The van der Waals surface area contributed by atoms with E-state index in [1.807, 2.05) is 0 Å². The molecule has 0 heterocycles. The molecule has 6 nitrogen and oxygen atoms in total. The monoisotopic (exact) mass is 409 g/mol. The number of anilines is 1. The lowest BCUT2D eigenvalue weighted by Gasteiger charge is -2.08. The summed E-state index contributed by atoms with van der Waals surface area (Å²) in [5.74, 6) is -0.0940. The van der Waals surface area contributed by atoms with E-state index in [9.17, 15) is 9.59 Å². The molecule has 1 amide bonds. The quantitative estimate of drug-likeness (QED) is 0.547. The van der Waals surface area contributed by atoms with E-state index in [1.54, 1.807) is 36.4 Å². The number of rotatable bonds is 7. The molecule has 0 saturated heterocycles. The summed E-state index contributed by atoms with van der Waals surface area (Å²) >= 11 is 11.8. The van der Waals surface area contributed by atoms with Crippen LogP contribution in [-0.4, -0.2) is 32.7 Å². The zero-order valence-corrected chi connectivity index (χ0v) is 16.1. The Morgan fingerprint density at radius 2 is 1.81 bits per heavy atom. The molecule has 2 aromatic rings. The summed E-state index contributed by atoms with van der Waals surface area (Å²) in [5, 5.41) is 3.05. The van der Waals surface area contributed by atoms with Gasteiger partial charge in [0.2, 0.25) is 0 Å². The molecule has 27 heavy (non-hydrogen) atoms. The summed E-state index contributed by atoms with van der Waals surface area (Å²) in [7, 11) is 3.05. The van der Waals surface area contributed by atoms with E-state index in [2.05, 4.69) is 5.32 Å². The Labute approximate surface area is 166 Å². The van der Waals surface area contributed by atoms with E-state index < -0.39 is 18.5 Å². The van der Waals surface area contributed by atoms with E-state index in [1.165, 1.54) is 26.4 Å². The third kappa shape index (κ3) is 5.91. The molecule has 142 valence electrons. The average Bonchev–Trinajstić information content (AvgIpc) is 2.68. The highest BCUT2D eigenvalue weighted by atomic mass is 35.5. The van der Waals surface area contributed by atoms with Gasteiger partial charge in [0, 0.05) is 6.08 Å². The minimum Gasteiger partial charge on any atom is -0.493 e. The minimum absolute atomic E-state index is 0.215. The van der Waals surface area contributed by atoms with Gasteiger partial charge in [-0.15, -0.1) is 0 Å². The van der Waals surface area contributed by atoms with Gasteiger partial charge >= 0.3 is 5.97 Å². The Balaban J connectivity index is 1.89. The maximum absolute atomic E-state index is 11.9. The number of benzene rings is 2. The van der Waals surface area contributed by atoms with Crippen LogP contribution in [0.1, 0.15) is 5.56 Å². The standard InChI is InChI=1S/C19H17Cl2NO5/c1-25-15-8-6-12(10-16(15)26-2)7-9-18(24)27-11-17(23)22-14-5-3-4-13(20)19(14)21/h3-10H,11H2,1-2H3,(H,22,23). The van der Waals surface area contributed by atoms with Gasteiger partial charge in [0.15, 0.2) is 18.1 Å². The molecule has 0 saturated carbocycles. The number of hydrogen-bond acceptors (Lipinski definition) is 5. The fourth-order valence-electron chi connectivity index (χ4n) is 2.09. The molecule has 0 spiro atoms. The first-order chi connectivity index (χ1) is 12.9. The van der Waals surface area contributed by atoms with Crippen LogP contribution < -0.4 is 14.8 Å². The second-order valence-electron chi connectivity index (χ2n) is 5.21. The van der Waals surface area contributed by atoms with Crippen LogP contribution in [0.15, 0.2) is 42.5 Å². The maximum Gasteiger partial charge on any atom is 0.331 e. The number of carbonyl (C=O) groups is 2. The van der Waals surface area contributed by atoms with Gasteiger partial charge in [-0.05, 0) is 35.9 Å². The highest BCUT2D eigenvalue weighted by Crippen LogP contribution is 2.29. The van der Waals surface area contributed by atoms with Crippen LogP contribution in [0.3, 0.4) is 0 Å². The number of hydrogen-bond donors (Lipinski definition) is 1. The van der Waals surface area contributed by atoms with Crippen molar-refractivity contribution in [2.24, 2.45) is 0 Å². The zero-order chi connectivity index (χ0) is 19.8. The van der Waals surface area contributed by atoms with E-state index >= 15 is 0 Å². The number of methoxy groups -OCH3 is 2. The first-order valence-electron chi connectivity index (χ1n) is 7.75. The number of carbonyl (C=O) groups excluding carboxylic acids is 2. The van der Waals surface area contributed by atoms with Gasteiger partial charge in [0.05, 0.1) is 30.0 Å². The van der Waals surface area contributed by atoms with Crippen molar-refractivity contribution in [3.05, 3.63) is 58.1 Å². The van der Waals surface area contributed by atoms with Crippen molar-refractivity contribution in [2.75, 3.05) is 26.1 Å². The number of ether oxygens (including phenoxy) is 3. The van der Waals surface area contributed by atoms with Crippen LogP contribution in [0.25, 0.3) is 6.08 Å². The number of esters is 1. The SMILES string of the molecule is COc1ccc(C=CC(=O)OCC(=O)Nc2cccc(Cl)c2Cl)cc1OC. The Kier molecular flexibility index (Phi) is 7.52. The van der Waals surface area contributed by atoms with Crippen molar-refractivity contribution in [1.29, 1.82) is 0 Å². The molecule has 1 N–H and O–H groups in total. The lowest BCUT2D eigenvalue weighted by atomic mass is 10.2. The van der Waals surface area contributed by atoms with E-state index in [0.29, 0.717) is 27.8 Å². The molecule has 0 bridgehead atoms. The second kappa shape index (κ2) is 9.85. The predicted octanol–water partition coefficient (Wildman–Crippen LogP) is 4.21. The third-order valence-corrected chi connectivity index (χ3v) is 4.21. The minimum atomic E-state index is -0.669. The van der Waals surface area contributed by atoms with Crippen molar-refractivity contribution in [1.82, 2.24) is 0 Å². The van der Waals surface area contributed by atoms with Gasteiger partial charge < -0.3 is 19.5 Å². The Morgan fingerprint density at radius 1 is 1.07 bits per heavy atom. The van der Waals surface area contributed by atoms with E-state index in [4.69, 9.17) is 37.4 Å². The summed E-state index contributed by atoms with van der Waals surface area (Å²) in [6.45, 7) is -0.460. The van der Waals surface area contributed by atoms with Gasteiger partial charge in [-0.1, -0.05) is 35.3 Å². The Bertz CT molecular complexity index is 867. The second-order valence-corrected chi connectivity index (χ2v) is 5.99. The lowest BCUT2D eigenvalue weighted by molar-refractivity contribution is -0.142. The van der Waals surface area contributed by atoms with E-state index in [0.717, 1.165) is 0 Å². The van der Waals surface area contributed by atoms with Crippen LogP contribution in [0.5, 0.6) is 11.5 Å². The summed E-state index contributed by atoms with van der Waals surface area (Å²) in [4.78, 5) is 23.6. The molecule has 2 rings (SSSR count). The zero-order valence-electron chi connectivity index (χ0n) is 14.6. The molecule has 0 radical (unpaired) electrons. The van der Waals surface area contributed by atoms with Crippen molar-refractivity contribution in [3.8, 4) is 11.5 Å². The normalized spacial score (nSPS) is 10.5. The average molecular weight is 410 g/mol. The molecule has 0 atom stereocenters. The first kappa shape index (κ1) is 20.6. The topological polar surface area (TPSA) is 73.9 Å². The third-order valence-electron chi connectivity index (χ3n) is 3.39. The fraction of sp³-hybridized carbons (Fsp3) is 0.158. The summed E-state index contributed by atoms with van der Waals surface area (Å²) in [5.41, 5.74) is 1.05. The molecular weight excluding hydrogens is 393 g/mol. The molecule has 0 aliphatic heterocycles. The fourth-order valence-corrected chi connectivity index (χ4v) is 2.44. The highest BCUT2D eigenvalue weighted by Gasteiger charge is 2.10. The Morgan fingerprint density at radius 3 is 2.52 bits per heavy atom. The van der Waals surface area contributed by atoms with Crippen LogP contribution >= 0.6 is 23.2 Å². The smallest absolute Gasteiger partial charge is 0.331 e. The largest absolute Gasteiger partial charge is 0.493 e. The highest BCUT2D eigenvalue weighted by molar-refractivity contribution is 6.44. The van der Waals surface area contributed by atoms with Gasteiger partial charge in [-0.25, -0.2) is 4.79 Å². The molecule has 0 aliphatic rings. The van der Waals surface area contributed by atoms with Gasteiger partial charge in [-0.3, -0.25) is 4.79 Å². The van der Waals surface area contributed by atoms with Crippen molar-refractivity contribution < 1.29 is 23.8 Å². The molecule has 0 aromatic heterocycles. The summed E-state index contributed by atoms with van der Waals surface area (Å²) < 4.78 is 15.2. The maximum atomic E-state index is 11.9. The van der Waals surface area contributed by atoms with Gasteiger partial charge in [-0.2, -0.15) is 0 Å². The molecule has 0 unspecified atom stereocenters. The van der Waals surface area contributed by atoms with Crippen LogP contribution in [-0.2, 0) is 14.3 Å². The van der Waals surface area contributed by atoms with Gasteiger partial charge in [0.1, 0.15) is 0 Å². The van der Waals surface area contributed by atoms with Crippen molar-refractivity contribution >= 4 is 46.8 Å². The van der Waals surface area contributed by atoms with Crippen LogP contribution in [0, 0.1) is 0 Å². The molecular formula is C19H17Cl2NO5. The van der Waals surface area contributed by atoms with E-state index in [-0.39, 0.29) is 5.02 Å². The van der Waals surface area contributed by atoms with Crippen LogP contribution in [0.2, 0.25) is 10.0 Å². The van der Waals surface area contributed by atoms with Crippen LogP contribution in [0.4, 0.5) is 5.69 Å². The van der Waals surface area contributed by atoms with Crippen molar-refractivity contribution in [2.45, 2.75) is 0 Å². The summed E-state index contributed by atoms with van der Waals surface area (Å²) in [6.07, 6.45) is 2.75. The van der Waals surface area contributed by atoms with Gasteiger partial charge in [0.25, 0.3) is 5.91 Å². The molecule has 8 heteroatoms. The van der Waals surface area contributed by atoms with Crippen molar-refractivity contribution in [3.63, 3.8) is 0 Å². The lowest BCUT2D eigenvalue weighted by Crippen LogP contribution is -2.20. The molecule has 0 fully saturated rings. The Hall–Kier alpha value is -2.70. The number of nitrogens with one attached hydrogen (secondary N) is 1. The summed E-state index contributed by atoms with van der Waals surface area (Å²) in [6, 6.07) is 9.99. The number of halogens is 2. The molecule has 0 aliphatic carbocycles. The number of amides is 1.